The minimum atomic E-state index is -0.856. The van der Waals surface area contributed by atoms with Gasteiger partial charge >= 0.3 is 5.97 Å². The lowest BCUT2D eigenvalue weighted by molar-refractivity contribution is -0.143. The number of carbonyl (C=O) groups excluding carboxylic acids is 2. The highest BCUT2D eigenvalue weighted by Crippen LogP contribution is 2.32. The summed E-state index contributed by atoms with van der Waals surface area (Å²) in [6.07, 6.45) is 6.09. The molecule has 1 heterocycles. The van der Waals surface area contributed by atoms with Crippen molar-refractivity contribution in [1.29, 1.82) is 0 Å². The molecule has 3 unspecified atom stereocenters. The molecule has 2 N–H and O–H groups in total. The lowest BCUT2D eigenvalue weighted by Crippen LogP contribution is -2.46. The van der Waals surface area contributed by atoms with Crippen LogP contribution in [0.3, 0.4) is 0 Å². The molecule has 0 aromatic rings. The Bertz CT molecular complexity index is 446. The summed E-state index contributed by atoms with van der Waals surface area (Å²) in [5.74, 6) is -1.26. The van der Waals surface area contributed by atoms with E-state index in [4.69, 9.17) is 5.11 Å². The number of amides is 2. The van der Waals surface area contributed by atoms with Gasteiger partial charge in [-0.1, -0.05) is 12.8 Å². The number of hydrogen-bond donors (Lipinski definition) is 2. The number of carboxylic acid groups (broad SMARTS) is 1. The second-order valence-corrected chi connectivity index (χ2v) is 6.87. The third kappa shape index (κ3) is 4.94. The minimum Gasteiger partial charge on any atom is -0.481 e. The monoisotopic (exact) mass is 324 g/mol. The molecule has 1 saturated heterocycles. The summed E-state index contributed by atoms with van der Waals surface area (Å²) in [6.45, 7) is 3.46. The molecule has 2 rings (SSSR count). The molecule has 0 aromatic heterocycles. The Kier molecular flexibility index (Phi) is 6.42. The first-order valence-corrected chi connectivity index (χ1v) is 8.80. The number of hydrogen-bond acceptors (Lipinski definition) is 3. The standard InChI is InChI=1S/C17H28N2O4/c1-12(8-9-15(20)21)18-16(22)13-6-2-3-7-14(13)17(23)19-10-4-5-11-19/h12-14H,2-11H2,1H3,(H,18,22)(H,20,21). The molecule has 0 radical (unpaired) electrons. The van der Waals surface area contributed by atoms with E-state index in [9.17, 15) is 14.4 Å². The molecule has 130 valence electrons. The van der Waals surface area contributed by atoms with Gasteiger partial charge in [-0.2, -0.15) is 0 Å². The smallest absolute Gasteiger partial charge is 0.303 e. The van der Waals surface area contributed by atoms with Gasteiger partial charge in [0.2, 0.25) is 11.8 Å². The van der Waals surface area contributed by atoms with Crippen molar-refractivity contribution in [2.75, 3.05) is 13.1 Å². The van der Waals surface area contributed by atoms with Crippen LogP contribution < -0.4 is 5.32 Å². The van der Waals surface area contributed by atoms with Crippen molar-refractivity contribution in [3.63, 3.8) is 0 Å². The molecular weight excluding hydrogens is 296 g/mol. The highest BCUT2D eigenvalue weighted by Gasteiger charge is 2.38. The number of nitrogens with zero attached hydrogens (tertiary/aromatic N) is 1. The van der Waals surface area contributed by atoms with Gasteiger partial charge in [0.05, 0.1) is 0 Å². The van der Waals surface area contributed by atoms with Gasteiger partial charge < -0.3 is 15.3 Å². The summed E-state index contributed by atoms with van der Waals surface area (Å²) < 4.78 is 0. The van der Waals surface area contributed by atoms with Gasteiger partial charge in [-0.3, -0.25) is 14.4 Å². The van der Waals surface area contributed by atoms with Crippen molar-refractivity contribution in [3.8, 4) is 0 Å². The molecule has 6 nitrogen and oxygen atoms in total. The number of aliphatic carboxylic acids is 1. The Morgan fingerprint density at radius 1 is 1.09 bits per heavy atom. The highest BCUT2D eigenvalue weighted by atomic mass is 16.4. The van der Waals surface area contributed by atoms with Gasteiger partial charge in [-0.05, 0) is 39.0 Å². The van der Waals surface area contributed by atoms with E-state index in [1.54, 1.807) is 0 Å². The Morgan fingerprint density at radius 2 is 1.70 bits per heavy atom. The minimum absolute atomic E-state index is 0.0439. The van der Waals surface area contributed by atoms with Crippen LogP contribution in [0.25, 0.3) is 0 Å². The molecule has 1 saturated carbocycles. The number of nitrogens with one attached hydrogen (secondary N) is 1. The van der Waals surface area contributed by atoms with Crippen LogP contribution in [0, 0.1) is 11.8 Å². The fourth-order valence-corrected chi connectivity index (χ4v) is 3.67. The van der Waals surface area contributed by atoms with Crippen molar-refractivity contribution < 1.29 is 19.5 Å². The van der Waals surface area contributed by atoms with Gasteiger partial charge in [0.15, 0.2) is 0 Å². The fraction of sp³-hybridized carbons (Fsp3) is 0.824. The maximum Gasteiger partial charge on any atom is 0.303 e. The Balaban J connectivity index is 1.92. The van der Waals surface area contributed by atoms with Gasteiger partial charge in [-0.15, -0.1) is 0 Å². The molecule has 2 aliphatic rings. The Hall–Kier alpha value is -1.59. The summed E-state index contributed by atoms with van der Waals surface area (Å²) in [7, 11) is 0. The van der Waals surface area contributed by atoms with Crippen LogP contribution >= 0.6 is 0 Å². The average Bonchev–Trinajstić information content (AvgIpc) is 3.06. The average molecular weight is 324 g/mol. The van der Waals surface area contributed by atoms with E-state index in [0.29, 0.717) is 6.42 Å². The zero-order chi connectivity index (χ0) is 16.8. The summed E-state index contributed by atoms with van der Waals surface area (Å²) in [5, 5.41) is 11.6. The van der Waals surface area contributed by atoms with Crippen molar-refractivity contribution in [3.05, 3.63) is 0 Å². The van der Waals surface area contributed by atoms with Crippen LogP contribution in [0.1, 0.15) is 58.3 Å². The van der Waals surface area contributed by atoms with E-state index in [-0.39, 0.29) is 36.1 Å². The topological polar surface area (TPSA) is 86.7 Å². The summed E-state index contributed by atoms with van der Waals surface area (Å²) in [5.41, 5.74) is 0. The molecule has 2 fully saturated rings. The summed E-state index contributed by atoms with van der Waals surface area (Å²) >= 11 is 0. The highest BCUT2D eigenvalue weighted by molar-refractivity contribution is 5.88. The van der Waals surface area contributed by atoms with Crippen LogP contribution in [0.5, 0.6) is 0 Å². The second-order valence-electron chi connectivity index (χ2n) is 6.87. The second kappa shape index (κ2) is 8.31. The number of carbonyl (C=O) groups is 3. The van der Waals surface area contributed by atoms with Crippen LogP contribution in [-0.4, -0.2) is 46.9 Å². The van der Waals surface area contributed by atoms with Crippen molar-refractivity contribution in [1.82, 2.24) is 10.2 Å². The first-order chi connectivity index (χ1) is 11.0. The lowest BCUT2D eigenvalue weighted by atomic mass is 9.77. The van der Waals surface area contributed by atoms with Crippen LogP contribution in [0.15, 0.2) is 0 Å². The van der Waals surface area contributed by atoms with E-state index >= 15 is 0 Å². The van der Waals surface area contributed by atoms with Crippen LogP contribution in [0.2, 0.25) is 0 Å². The lowest BCUT2D eigenvalue weighted by Gasteiger charge is -2.33. The third-order valence-electron chi connectivity index (χ3n) is 5.02. The normalized spacial score (nSPS) is 25.9. The number of carboxylic acids is 1. The molecule has 0 bridgehead atoms. The quantitative estimate of drug-likeness (QED) is 0.780. The van der Waals surface area contributed by atoms with Gasteiger partial charge in [0.1, 0.15) is 0 Å². The molecule has 1 aliphatic carbocycles. The third-order valence-corrected chi connectivity index (χ3v) is 5.02. The largest absolute Gasteiger partial charge is 0.481 e. The van der Waals surface area contributed by atoms with Crippen molar-refractivity contribution in [2.45, 2.75) is 64.3 Å². The maximum absolute atomic E-state index is 12.7. The van der Waals surface area contributed by atoms with Gasteiger partial charge in [0, 0.05) is 37.4 Å². The zero-order valence-corrected chi connectivity index (χ0v) is 13.9. The van der Waals surface area contributed by atoms with E-state index < -0.39 is 5.97 Å². The van der Waals surface area contributed by atoms with E-state index in [1.807, 2.05) is 11.8 Å². The molecular formula is C17H28N2O4. The first-order valence-electron chi connectivity index (χ1n) is 8.80. The molecule has 2 amide bonds. The van der Waals surface area contributed by atoms with Crippen molar-refractivity contribution >= 4 is 17.8 Å². The van der Waals surface area contributed by atoms with E-state index in [0.717, 1.165) is 51.6 Å². The van der Waals surface area contributed by atoms with Gasteiger partial charge in [-0.25, -0.2) is 0 Å². The number of likely N-dealkylation sites (tertiary alicyclic amines) is 1. The van der Waals surface area contributed by atoms with E-state index in [2.05, 4.69) is 5.32 Å². The maximum atomic E-state index is 12.7. The summed E-state index contributed by atoms with van der Waals surface area (Å²) in [6, 6.07) is -0.178. The Labute approximate surface area is 137 Å². The molecule has 1 aliphatic heterocycles. The van der Waals surface area contributed by atoms with E-state index in [1.165, 1.54) is 0 Å². The molecule has 6 heteroatoms. The molecule has 3 atom stereocenters. The van der Waals surface area contributed by atoms with Gasteiger partial charge in [0.25, 0.3) is 0 Å². The van der Waals surface area contributed by atoms with Crippen LogP contribution in [0.4, 0.5) is 0 Å². The predicted molar refractivity (Wildman–Crippen MR) is 85.7 cm³/mol. The molecule has 0 spiro atoms. The zero-order valence-electron chi connectivity index (χ0n) is 13.9. The van der Waals surface area contributed by atoms with Crippen LogP contribution in [-0.2, 0) is 14.4 Å². The molecule has 23 heavy (non-hydrogen) atoms. The number of rotatable bonds is 6. The summed E-state index contributed by atoms with van der Waals surface area (Å²) in [4.78, 5) is 37.8. The predicted octanol–water partition coefficient (Wildman–Crippen LogP) is 1.78. The van der Waals surface area contributed by atoms with Crippen molar-refractivity contribution in [2.24, 2.45) is 11.8 Å². The first kappa shape index (κ1) is 17.8. The fourth-order valence-electron chi connectivity index (χ4n) is 3.67. The molecule has 0 aromatic carbocycles. The Morgan fingerprint density at radius 3 is 2.30 bits per heavy atom. The SMILES string of the molecule is CC(CCC(=O)O)NC(=O)C1CCCCC1C(=O)N1CCCC1.